The Morgan fingerprint density at radius 2 is 2.27 bits per heavy atom. The van der Waals surface area contributed by atoms with Crippen LogP contribution in [0.2, 0.25) is 0 Å². The number of rotatable bonds is 5. The second-order valence-electron chi connectivity index (χ2n) is 5.41. The zero-order valence-electron chi connectivity index (χ0n) is 12.4. The molecule has 2 aromatic heterocycles. The van der Waals surface area contributed by atoms with Crippen LogP contribution in [0, 0.1) is 13.8 Å². The van der Waals surface area contributed by atoms with Crippen LogP contribution in [0.4, 0.5) is 0 Å². The fraction of sp³-hybridized carbons (Fsp3) is 0.500. The lowest BCUT2D eigenvalue weighted by molar-refractivity contribution is -0.135. The molecule has 3 heterocycles. The summed E-state index contributed by atoms with van der Waals surface area (Å²) in [5.41, 5.74) is 0.566. The Morgan fingerprint density at radius 3 is 2.91 bits per heavy atom. The minimum Gasteiger partial charge on any atom is -0.394 e. The van der Waals surface area contributed by atoms with E-state index < -0.39 is 5.54 Å². The van der Waals surface area contributed by atoms with Crippen molar-refractivity contribution >= 4 is 39.2 Å². The van der Waals surface area contributed by atoms with E-state index in [4.69, 9.17) is 4.74 Å². The van der Waals surface area contributed by atoms with Crippen LogP contribution in [0.5, 0.6) is 0 Å². The summed E-state index contributed by atoms with van der Waals surface area (Å²) in [6, 6.07) is 0. The summed E-state index contributed by atoms with van der Waals surface area (Å²) in [7, 11) is 0. The summed E-state index contributed by atoms with van der Waals surface area (Å²) < 4.78 is 5.07. The number of amides is 1. The first-order valence-electron chi connectivity index (χ1n) is 6.88. The molecule has 2 aromatic rings. The lowest BCUT2D eigenvalue weighted by Crippen LogP contribution is -2.64. The Bertz CT molecular complexity index is 707. The van der Waals surface area contributed by atoms with Gasteiger partial charge in [0.25, 0.3) is 0 Å². The third-order valence-electron chi connectivity index (χ3n) is 3.73. The SMILES string of the molecule is Cc1sc2ncnc(SCC(=O)NC3(CO)COC3)c2c1C. The number of hydrogen-bond donors (Lipinski definition) is 2. The maximum Gasteiger partial charge on any atom is 0.231 e. The molecule has 2 N–H and O–H groups in total. The van der Waals surface area contributed by atoms with Gasteiger partial charge in [-0.15, -0.1) is 11.3 Å². The first kappa shape index (κ1) is 15.7. The highest BCUT2D eigenvalue weighted by Crippen LogP contribution is 2.34. The molecule has 1 fully saturated rings. The van der Waals surface area contributed by atoms with Crippen molar-refractivity contribution in [2.75, 3.05) is 25.6 Å². The molecule has 0 radical (unpaired) electrons. The minimum atomic E-state index is -0.604. The Labute approximate surface area is 136 Å². The molecule has 1 aliphatic rings. The predicted molar refractivity (Wildman–Crippen MR) is 86.4 cm³/mol. The van der Waals surface area contributed by atoms with Crippen molar-refractivity contribution in [3.8, 4) is 0 Å². The number of thiophene rings is 1. The quantitative estimate of drug-likeness (QED) is 0.630. The topological polar surface area (TPSA) is 84.3 Å². The number of ether oxygens (including phenoxy) is 1. The molecule has 0 spiro atoms. The average Bonchev–Trinajstić information content (AvgIpc) is 2.76. The van der Waals surface area contributed by atoms with Crippen LogP contribution < -0.4 is 5.32 Å². The molecule has 1 aliphatic heterocycles. The van der Waals surface area contributed by atoms with Crippen molar-refractivity contribution in [3.05, 3.63) is 16.8 Å². The molecule has 1 amide bonds. The van der Waals surface area contributed by atoms with Crippen molar-refractivity contribution < 1.29 is 14.6 Å². The first-order valence-corrected chi connectivity index (χ1v) is 8.68. The van der Waals surface area contributed by atoms with Gasteiger partial charge in [-0.1, -0.05) is 11.8 Å². The van der Waals surface area contributed by atoms with Crippen molar-refractivity contribution in [1.82, 2.24) is 15.3 Å². The molecular weight excluding hydrogens is 322 g/mol. The maximum absolute atomic E-state index is 12.1. The molecule has 0 unspecified atom stereocenters. The fourth-order valence-corrected chi connectivity index (χ4v) is 4.19. The number of aliphatic hydroxyl groups excluding tert-OH is 1. The minimum absolute atomic E-state index is 0.107. The van der Waals surface area contributed by atoms with Crippen molar-refractivity contribution in [2.24, 2.45) is 0 Å². The summed E-state index contributed by atoms with van der Waals surface area (Å²) in [6.07, 6.45) is 1.53. The van der Waals surface area contributed by atoms with Crippen LogP contribution >= 0.6 is 23.1 Å². The van der Waals surface area contributed by atoms with Gasteiger partial charge in [-0.2, -0.15) is 0 Å². The van der Waals surface area contributed by atoms with E-state index in [-0.39, 0.29) is 18.3 Å². The highest BCUT2D eigenvalue weighted by atomic mass is 32.2. The number of nitrogens with zero attached hydrogens (tertiary/aromatic N) is 2. The second kappa shape index (κ2) is 6.11. The van der Waals surface area contributed by atoms with Gasteiger partial charge in [-0.3, -0.25) is 4.79 Å². The number of aryl methyl sites for hydroxylation is 2. The number of thioether (sulfide) groups is 1. The normalized spacial score (nSPS) is 16.5. The Kier molecular flexibility index (Phi) is 4.35. The largest absolute Gasteiger partial charge is 0.394 e. The van der Waals surface area contributed by atoms with Crippen molar-refractivity contribution in [2.45, 2.75) is 24.4 Å². The Balaban J connectivity index is 1.70. The zero-order valence-corrected chi connectivity index (χ0v) is 14.0. The molecule has 0 aliphatic carbocycles. The van der Waals surface area contributed by atoms with Gasteiger partial charge in [-0.25, -0.2) is 9.97 Å². The zero-order chi connectivity index (χ0) is 15.7. The van der Waals surface area contributed by atoms with Crippen LogP contribution in [0.3, 0.4) is 0 Å². The Morgan fingerprint density at radius 1 is 1.50 bits per heavy atom. The molecule has 0 atom stereocenters. The molecule has 22 heavy (non-hydrogen) atoms. The molecule has 118 valence electrons. The van der Waals surface area contributed by atoms with Gasteiger partial charge in [0.05, 0.1) is 25.6 Å². The van der Waals surface area contributed by atoms with E-state index in [2.05, 4.69) is 22.2 Å². The van der Waals surface area contributed by atoms with E-state index >= 15 is 0 Å². The van der Waals surface area contributed by atoms with Crippen LogP contribution in [-0.4, -0.2) is 52.1 Å². The van der Waals surface area contributed by atoms with E-state index in [1.165, 1.54) is 28.5 Å². The molecular formula is C14H17N3O3S2. The third kappa shape index (κ3) is 2.83. The molecule has 3 rings (SSSR count). The van der Waals surface area contributed by atoms with E-state index in [0.717, 1.165) is 15.2 Å². The van der Waals surface area contributed by atoms with Gasteiger partial charge in [-0.05, 0) is 19.4 Å². The van der Waals surface area contributed by atoms with Gasteiger partial charge in [0, 0.05) is 10.3 Å². The van der Waals surface area contributed by atoms with E-state index in [1.54, 1.807) is 11.3 Å². The number of nitrogens with one attached hydrogen (secondary N) is 1. The predicted octanol–water partition coefficient (Wildman–Crippen LogP) is 1.28. The van der Waals surface area contributed by atoms with Gasteiger partial charge in [0.2, 0.25) is 5.91 Å². The van der Waals surface area contributed by atoms with E-state index in [9.17, 15) is 9.90 Å². The lowest BCUT2D eigenvalue weighted by atomic mass is 9.99. The van der Waals surface area contributed by atoms with Crippen molar-refractivity contribution in [1.29, 1.82) is 0 Å². The molecule has 1 saturated heterocycles. The van der Waals surface area contributed by atoms with Gasteiger partial charge >= 0.3 is 0 Å². The molecule has 8 heteroatoms. The standard InChI is InChI=1S/C14H17N3O3S2/c1-8-9(2)22-13-11(8)12(15-7-16-13)21-3-10(19)17-14(4-18)5-20-6-14/h7,18H,3-6H2,1-2H3,(H,17,19). The average molecular weight is 339 g/mol. The summed E-state index contributed by atoms with van der Waals surface area (Å²) in [6.45, 7) is 4.73. The highest BCUT2D eigenvalue weighted by molar-refractivity contribution is 8.00. The molecule has 6 nitrogen and oxygen atoms in total. The number of hydrogen-bond acceptors (Lipinski definition) is 7. The van der Waals surface area contributed by atoms with Crippen molar-refractivity contribution in [3.63, 3.8) is 0 Å². The summed E-state index contributed by atoms with van der Waals surface area (Å²) in [4.78, 5) is 22.8. The maximum atomic E-state index is 12.1. The number of carbonyl (C=O) groups excluding carboxylic acids is 1. The van der Waals surface area contributed by atoms with Gasteiger partial charge in [0.15, 0.2) is 0 Å². The van der Waals surface area contributed by atoms with E-state index in [0.29, 0.717) is 13.2 Å². The lowest BCUT2D eigenvalue weighted by Gasteiger charge is -2.40. The summed E-state index contributed by atoms with van der Waals surface area (Å²) in [5, 5.41) is 14.0. The van der Waals surface area contributed by atoms with Crippen LogP contribution in [0.25, 0.3) is 10.2 Å². The monoisotopic (exact) mass is 339 g/mol. The smallest absolute Gasteiger partial charge is 0.231 e. The molecule has 0 bridgehead atoms. The van der Waals surface area contributed by atoms with E-state index in [1.807, 2.05) is 6.92 Å². The fourth-order valence-electron chi connectivity index (χ4n) is 2.28. The molecule has 0 aromatic carbocycles. The highest BCUT2D eigenvalue weighted by Gasteiger charge is 2.39. The molecule has 0 saturated carbocycles. The van der Waals surface area contributed by atoms with Gasteiger partial charge in [0.1, 0.15) is 21.7 Å². The number of aliphatic hydroxyl groups is 1. The first-order chi connectivity index (χ1) is 10.5. The van der Waals surface area contributed by atoms with Gasteiger partial charge < -0.3 is 15.2 Å². The third-order valence-corrected chi connectivity index (χ3v) is 5.84. The number of fused-ring (bicyclic) bond motifs is 1. The number of carbonyl (C=O) groups is 1. The summed E-state index contributed by atoms with van der Waals surface area (Å²) >= 11 is 3.03. The summed E-state index contributed by atoms with van der Waals surface area (Å²) in [5.74, 6) is 0.126. The number of aromatic nitrogens is 2. The Hall–Kier alpha value is -1.22. The van der Waals surface area contributed by atoms with Crippen LogP contribution in [0.15, 0.2) is 11.4 Å². The second-order valence-corrected chi connectivity index (χ2v) is 7.58. The van der Waals surface area contributed by atoms with Crippen LogP contribution in [-0.2, 0) is 9.53 Å². The van der Waals surface area contributed by atoms with Crippen LogP contribution in [0.1, 0.15) is 10.4 Å².